The van der Waals surface area contributed by atoms with E-state index < -0.39 is 29.9 Å². The molecular formula is C20H37N2O4. The van der Waals surface area contributed by atoms with E-state index in [2.05, 4.69) is 26.1 Å². The summed E-state index contributed by atoms with van der Waals surface area (Å²) in [6, 6.07) is -1.67. The van der Waals surface area contributed by atoms with Gasteiger partial charge in [0.05, 0.1) is 18.0 Å². The van der Waals surface area contributed by atoms with Crippen LogP contribution in [-0.2, 0) is 14.4 Å². The molecule has 0 spiro atoms. The van der Waals surface area contributed by atoms with Crippen LogP contribution in [0.15, 0.2) is 0 Å². The number of carbonyl (C=O) groups excluding carboxylic acids is 2. The Kier molecular flexibility index (Phi) is 12.1. The molecule has 2 unspecified atom stereocenters. The Bertz CT molecular complexity index is 438. The van der Waals surface area contributed by atoms with E-state index in [1.54, 1.807) is 6.29 Å². The zero-order valence-electron chi connectivity index (χ0n) is 17.0. The second-order valence-corrected chi connectivity index (χ2v) is 8.23. The molecule has 0 rings (SSSR count). The molecule has 0 bridgehead atoms. The first kappa shape index (κ1) is 24.6. The maximum Gasteiger partial charge on any atom is 0.306 e. The zero-order chi connectivity index (χ0) is 20.3. The third-order valence-electron chi connectivity index (χ3n) is 4.84. The molecule has 0 aromatic carbocycles. The van der Waals surface area contributed by atoms with Crippen molar-refractivity contribution >= 4 is 18.2 Å². The summed E-state index contributed by atoms with van der Waals surface area (Å²) >= 11 is 0. The number of amides is 1. The lowest BCUT2D eigenvalue weighted by atomic mass is 9.89. The Balaban J connectivity index is 4.52. The van der Waals surface area contributed by atoms with Crippen LogP contribution in [0.3, 0.4) is 0 Å². The van der Waals surface area contributed by atoms with Crippen LogP contribution in [0.25, 0.3) is 0 Å². The van der Waals surface area contributed by atoms with Crippen molar-refractivity contribution in [1.29, 1.82) is 0 Å². The maximum atomic E-state index is 12.0. The van der Waals surface area contributed by atoms with Crippen LogP contribution in [0.2, 0.25) is 0 Å². The van der Waals surface area contributed by atoms with Crippen LogP contribution >= 0.6 is 0 Å². The van der Waals surface area contributed by atoms with Crippen molar-refractivity contribution < 1.29 is 19.5 Å². The molecule has 0 aliphatic rings. The minimum atomic E-state index is -0.943. The lowest BCUT2D eigenvalue weighted by Gasteiger charge is -2.22. The van der Waals surface area contributed by atoms with E-state index in [-0.39, 0.29) is 12.3 Å². The standard InChI is InChI=1S/C20H37N2O4/c1-13(2)7-6-8-15(5)9-10-16(20(25)26)11-17(12-23)22-19(24)18(21)14(3)4/h13-18H,6-11,21H2,1-5H3,(H,22,24)(H,25,26)/t15?,16?,17-,18-/m0/s1. The summed E-state index contributed by atoms with van der Waals surface area (Å²) in [6.07, 6.45) is 6.47. The SMILES string of the molecule is CC(C)CCCC(C)CCC(C[C@@H]([C]=O)NC(=O)[C@@H](N)C(C)C)C(=O)O. The number of carboxylic acid groups (broad SMARTS) is 1. The van der Waals surface area contributed by atoms with Crippen LogP contribution in [0, 0.1) is 23.7 Å². The highest BCUT2D eigenvalue weighted by Crippen LogP contribution is 2.22. The van der Waals surface area contributed by atoms with Gasteiger partial charge in [0.2, 0.25) is 12.2 Å². The highest BCUT2D eigenvalue weighted by Gasteiger charge is 2.26. The van der Waals surface area contributed by atoms with Crippen molar-refractivity contribution in [2.24, 2.45) is 29.4 Å². The summed E-state index contributed by atoms with van der Waals surface area (Å²) in [5.74, 6) is -1.01. The molecule has 1 radical (unpaired) electrons. The van der Waals surface area contributed by atoms with Crippen LogP contribution in [0.4, 0.5) is 0 Å². The molecule has 0 aliphatic carbocycles. The topological polar surface area (TPSA) is 109 Å². The van der Waals surface area contributed by atoms with E-state index >= 15 is 0 Å². The van der Waals surface area contributed by atoms with Gasteiger partial charge in [-0.25, -0.2) is 0 Å². The Morgan fingerprint density at radius 2 is 1.65 bits per heavy atom. The van der Waals surface area contributed by atoms with Crippen LogP contribution < -0.4 is 11.1 Å². The number of aliphatic carboxylic acids is 1. The van der Waals surface area contributed by atoms with Gasteiger partial charge in [-0.2, -0.15) is 0 Å². The minimum Gasteiger partial charge on any atom is -0.481 e. The normalized spacial score (nSPS) is 16.2. The monoisotopic (exact) mass is 369 g/mol. The lowest BCUT2D eigenvalue weighted by molar-refractivity contribution is -0.142. The number of carbonyl (C=O) groups is 2. The molecule has 6 heteroatoms. The fourth-order valence-corrected chi connectivity index (χ4v) is 2.84. The Hall–Kier alpha value is -1.43. The van der Waals surface area contributed by atoms with Crippen molar-refractivity contribution in [3.63, 3.8) is 0 Å². The van der Waals surface area contributed by atoms with Gasteiger partial charge in [-0.05, 0) is 37.0 Å². The molecule has 151 valence electrons. The first-order chi connectivity index (χ1) is 12.1. The maximum absolute atomic E-state index is 12.0. The van der Waals surface area contributed by atoms with Crippen LogP contribution in [0.1, 0.15) is 73.1 Å². The van der Waals surface area contributed by atoms with Crippen LogP contribution in [0.5, 0.6) is 0 Å². The number of hydrogen-bond donors (Lipinski definition) is 3. The lowest BCUT2D eigenvalue weighted by Crippen LogP contribution is -2.49. The molecule has 0 saturated carbocycles. The molecule has 0 saturated heterocycles. The van der Waals surface area contributed by atoms with E-state index in [0.29, 0.717) is 18.3 Å². The van der Waals surface area contributed by atoms with Crippen LogP contribution in [-0.4, -0.2) is 35.4 Å². The van der Waals surface area contributed by atoms with Crippen molar-refractivity contribution in [1.82, 2.24) is 5.32 Å². The fourth-order valence-electron chi connectivity index (χ4n) is 2.84. The van der Waals surface area contributed by atoms with Gasteiger partial charge in [0.1, 0.15) is 0 Å². The molecule has 6 nitrogen and oxygen atoms in total. The molecule has 0 aliphatic heterocycles. The molecule has 1 amide bonds. The molecule has 0 fully saturated rings. The summed E-state index contributed by atoms with van der Waals surface area (Å²) in [5.41, 5.74) is 5.76. The number of nitrogens with one attached hydrogen (secondary N) is 1. The number of rotatable bonds is 14. The van der Waals surface area contributed by atoms with Gasteiger partial charge in [0.15, 0.2) is 0 Å². The molecule has 4 atom stereocenters. The predicted octanol–water partition coefficient (Wildman–Crippen LogP) is 2.90. The smallest absolute Gasteiger partial charge is 0.306 e. The highest BCUT2D eigenvalue weighted by molar-refractivity contribution is 5.84. The van der Waals surface area contributed by atoms with Gasteiger partial charge in [-0.3, -0.25) is 14.4 Å². The molecule has 4 N–H and O–H groups in total. The largest absolute Gasteiger partial charge is 0.481 e. The highest BCUT2D eigenvalue weighted by atomic mass is 16.4. The van der Waals surface area contributed by atoms with Gasteiger partial charge in [0.25, 0.3) is 0 Å². The predicted molar refractivity (Wildman–Crippen MR) is 103 cm³/mol. The third-order valence-corrected chi connectivity index (χ3v) is 4.84. The Morgan fingerprint density at radius 3 is 2.12 bits per heavy atom. The van der Waals surface area contributed by atoms with Gasteiger partial charge in [-0.1, -0.05) is 53.9 Å². The summed E-state index contributed by atoms with van der Waals surface area (Å²) in [6.45, 7) is 10.1. The average molecular weight is 370 g/mol. The number of hydrogen-bond acceptors (Lipinski definition) is 4. The van der Waals surface area contributed by atoms with E-state index in [4.69, 9.17) is 5.73 Å². The molecule has 0 aromatic rings. The third kappa shape index (κ3) is 10.5. The van der Waals surface area contributed by atoms with Gasteiger partial charge < -0.3 is 16.2 Å². The van der Waals surface area contributed by atoms with Crippen molar-refractivity contribution in [3.05, 3.63) is 0 Å². The first-order valence-corrected chi connectivity index (χ1v) is 9.74. The second kappa shape index (κ2) is 12.8. The van der Waals surface area contributed by atoms with E-state index in [1.807, 2.05) is 13.8 Å². The second-order valence-electron chi connectivity index (χ2n) is 8.23. The van der Waals surface area contributed by atoms with E-state index in [0.717, 1.165) is 19.3 Å². The summed E-state index contributed by atoms with van der Waals surface area (Å²) in [4.78, 5) is 34.7. The van der Waals surface area contributed by atoms with Crippen molar-refractivity contribution in [2.75, 3.05) is 0 Å². The molecule has 26 heavy (non-hydrogen) atoms. The average Bonchev–Trinajstić information content (AvgIpc) is 2.55. The summed E-state index contributed by atoms with van der Waals surface area (Å²) < 4.78 is 0. The first-order valence-electron chi connectivity index (χ1n) is 9.74. The van der Waals surface area contributed by atoms with Crippen molar-refractivity contribution in [3.8, 4) is 0 Å². The molecule has 0 heterocycles. The summed E-state index contributed by atoms with van der Waals surface area (Å²) in [7, 11) is 0. The fraction of sp³-hybridized carbons (Fsp3) is 0.850. The minimum absolute atomic E-state index is 0.0497. The van der Waals surface area contributed by atoms with Gasteiger partial charge in [0, 0.05) is 0 Å². The number of carboxylic acids is 1. The quantitative estimate of drug-likeness (QED) is 0.436. The Morgan fingerprint density at radius 1 is 1.04 bits per heavy atom. The zero-order valence-corrected chi connectivity index (χ0v) is 17.0. The molecule has 0 aromatic heterocycles. The van der Waals surface area contributed by atoms with Gasteiger partial charge in [-0.15, -0.1) is 0 Å². The van der Waals surface area contributed by atoms with E-state index in [9.17, 15) is 19.5 Å². The van der Waals surface area contributed by atoms with Gasteiger partial charge >= 0.3 is 5.97 Å². The summed E-state index contributed by atoms with van der Waals surface area (Å²) in [5, 5.41) is 12.0. The van der Waals surface area contributed by atoms with Crippen molar-refractivity contribution in [2.45, 2.75) is 85.2 Å². The Labute approximate surface area is 158 Å². The number of nitrogens with two attached hydrogens (primary N) is 1. The van der Waals surface area contributed by atoms with E-state index in [1.165, 1.54) is 6.42 Å². The molecular weight excluding hydrogens is 332 g/mol.